The number of nitrogens with two attached hydrogens (primary N) is 1. The molecule has 2 N–H and O–H groups in total. The van der Waals surface area contributed by atoms with E-state index < -0.39 is 0 Å². The molecule has 0 spiro atoms. The normalized spacial score (nSPS) is 27.9. The Morgan fingerprint density at radius 2 is 2.04 bits per heavy atom. The van der Waals surface area contributed by atoms with Crippen molar-refractivity contribution in [2.45, 2.75) is 38.6 Å². The fourth-order valence-corrected chi connectivity index (χ4v) is 4.58. The highest BCUT2D eigenvalue weighted by atomic mass is 127. The van der Waals surface area contributed by atoms with Gasteiger partial charge in [-0.05, 0) is 68.8 Å². The summed E-state index contributed by atoms with van der Waals surface area (Å²) in [6, 6.07) is 8.63. The second-order valence-electron chi connectivity index (χ2n) is 7.78. The highest BCUT2D eigenvalue weighted by Gasteiger charge is 2.30. The van der Waals surface area contributed by atoms with Gasteiger partial charge in [0.2, 0.25) is 0 Å². The predicted molar refractivity (Wildman–Crippen MR) is 121 cm³/mol. The number of hydrogen-bond acceptors (Lipinski definition) is 2. The van der Waals surface area contributed by atoms with Crippen LogP contribution in [0.25, 0.3) is 0 Å². The van der Waals surface area contributed by atoms with Crippen LogP contribution in [0.2, 0.25) is 5.02 Å². The van der Waals surface area contributed by atoms with Gasteiger partial charge in [-0.25, -0.2) is 0 Å². The summed E-state index contributed by atoms with van der Waals surface area (Å²) in [5, 5.41) is 0.806. The lowest BCUT2D eigenvalue weighted by atomic mass is 9.85. The van der Waals surface area contributed by atoms with E-state index in [9.17, 15) is 0 Å². The van der Waals surface area contributed by atoms with Gasteiger partial charge in [-0.3, -0.25) is 9.89 Å². The molecule has 6 heteroatoms. The monoisotopic (exact) mass is 490 g/mol. The lowest BCUT2D eigenvalue weighted by molar-refractivity contribution is 0.125. The topological polar surface area (TPSA) is 44.9 Å². The Bertz CT molecular complexity index is 609. The summed E-state index contributed by atoms with van der Waals surface area (Å²) in [6.07, 6.45) is 4.92. The molecule has 2 aliphatic rings. The second-order valence-corrected chi connectivity index (χ2v) is 8.21. The van der Waals surface area contributed by atoms with Gasteiger partial charge in [0, 0.05) is 30.7 Å². The average molecular weight is 491 g/mol. The van der Waals surface area contributed by atoms with E-state index in [0.29, 0.717) is 17.9 Å². The summed E-state index contributed by atoms with van der Waals surface area (Å²) in [6.45, 7) is 6.29. The van der Waals surface area contributed by atoms with Gasteiger partial charge in [0.25, 0.3) is 0 Å². The average Bonchev–Trinajstić information content (AvgIpc) is 2.59. The minimum atomic E-state index is 0. The number of likely N-dealkylation sites (tertiary alicyclic amines) is 2. The largest absolute Gasteiger partial charge is 0.370 e. The first-order chi connectivity index (χ1) is 12.0. The fourth-order valence-electron chi connectivity index (χ4n) is 4.38. The number of piperidine rings is 2. The highest BCUT2D eigenvalue weighted by Crippen LogP contribution is 2.36. The third kappa shape index (κ3) is 5.49. The maximum absolute atomic E-state index is 6.31. The molecule has 146 valence electrons. The Labute approximate surface area is 180 Å². The van der Waals surface area contributed by atoms with Crippen LogP contribution in [0.3, 0.4) is 0 Å². The zero-order chi connectivity index (χ0) is 17.8. The zero-order valence-electron chi connectivity index (χ0n) is 15.9. The zero-order valence-corrected chi connectivity index (χ0v) is 19.0. The smallest absolute Gasteiger partial charge is 0.191 e. The fraction of sp³-hybridized carbons (Fsp3) is 0.650. The van der Waals surface area contributed by atoms with Crippen molar-refractivity contribution in [2.75, 3.05) is 33.2 Å². The standard InChI is InChI=1S/C20H31ClN4.HI/c1-15-6-4-11-25(14-15)20(22)23-13-17-8-5-10-24(2)19(17)16-7-3-9-18(21)12-16;/h3,7,9,12,15,17,19H,4-6,8,10-11,13-14H2,1-2H3,(H2,22,23);1H. The van der Waals surface area contributed by atoms with Gasteiger partial charge in [0.1, 0.15) is 0 Å². The molecule has 2 heterocycles. The third-order valence-corrected chi connectivity index (χ3v) is 5.90. The molecular formula is C20H32ClIN4. The molecule has 0 saturated carbocycles. The Balaban J connectivity index is 0.00000243. The first-order valence-electron chi connectivity index (χ1n) is 9.55. The van der Waals surface area contributed by atoms with Crippen LogP contribution in [0.5, 0.6) is 0 Å². The van der Waals surface area contributed by atoms with Crippen molar-refractivity contribution < 1.29 is 0 Å². The van der Waals surface area contributed by atoms with Gasteiger partial charge in [0.05, 0.1) is 0 Å². The van der Waals surface area contributed by atoms with Crippen LogP contribution >= 0.6 is 35.6 Å². The van der Waals surface area contributed by atoms with Crippen molar-refractivity contribution in [1.82, 2.24) is 9.80 Å². The molecule has 2 aliphatic heterocycles. The van der Waals surface area contributed by atoms with Crippen LogP contribution < -0.4 is 5.73 Å². The molecule has 2 saturated heterocycles. The first kappa shape index (κ1) is 21.8. The number of halogens is 2. The number of benzene rings is 1. The Morgan fingerprint density at radius 3 is 2.77 bits per heavy atom. The number of guanidine groups is 1. The van der Waals surface area contributed by atoms with Gasteiger partial charge in [-0.15, -0.1) is 24.0 Å². The first-order valence-corrected chi connectivity index (χ1v) is 9.93. The minimum Gasteiger partial charge on any atom is -0.370 e. The molecule has 0 aromatic heterocycles. The van der Waals surface area contributed by atoms with Gasteiger partial charge in [-0.2, -0.15) is 0 Å². The van der Waals surface area contributed by atoms with E-state index in [2.05, 4.69) is 35.9 Å². The summed E-state index contributed by atoms with van der Waals surface area (Å²) < 4.78 is 0. The number of hydrogen-bond donors (Lipinski definition) is 1. The number of nitrogens with zero attached hydrogens (tertiary/aromatic N) is 3. The molecule has 26 heavy (non-hydrogen) atoms. The van der Waals surface area contributed by atoms with Crippen LogP contribution in [0, 0.1) is 11.8 Å². The molecule has 1 aromatic carbocycles. The summed E-state index contributed by atoms with van der Waals surface area (Å²) in [4.78, 5) is 9.50. The van der Waals surface area contributed by atoms with Crippen molar-refractivity contribution in [3.8, 4) is 0 Å². The van der Waals surface area contributed by atoms with Crippen molar-refractivity contribution in [1.29, 1.82) is 0 Å². The number of rotatable bonds is 3. The predicted octanol–water partition coefficient (Wildman–Crippen LogP) is 4.39. The van der Waals surface area contributed by atoms with Crippen LogP contribution in [0.1, 0.15) is 44.2 Å². The van der Waals surface area contributed by atoms with Crippen LogP contribution in [0.15, 0.2) is 29.3 Å². The molecule has 0 bridgehead atoms. The Hall–Kier alpha value is -0.530. The van der Waals surface area contributed by atoms with Crippen molar-refractivity contribution in [3.63, 3.8) is 0 Å². The minimum absolute atomic E-state index is 0. The van der Waals surface area contributed by atoms with Crippen LogP contribution in [-0.2, 0) is 0 Å². The molecule has 1 aromatic rings. The summed E-state index contributed by atoms with van der Waals surface area (Å²) in [5.41, 5.74) is 7.60. The van der Waals surface area contributed by atoms with Crippen molar-refractivity contribution >= 4 is 41.5 Å². The number of aliphatic imine (C=N–C) groups is 1. The summed E-state index contributed by atoms with van der Waals surface area (Å²) in [7, 11) is 2.21. The summed E-state index contributed by atoms with van der Waals surface area (Å²) in [5.74, 6) is 1.92. The van der Waals surface area contributed by atoms with E-state index >= 15 is 0 Å². The molecule has 0 radical (unpaired) electrons. The van der Waals surface area contributed by atoms with Gasteiger partial charge < -0.3 is 10.6 Å². The third-order valence-electron chi connectivity index (χ3n) is 5.67. The van der Waals surface area contributed by atoms with E-state index in [1.165, 1.54) is 31.2 Å². The second kappa shape index (κ2) is 10.1. The van der Waals surface area contributed by atoms with E-state index in [1.54, 1.807) is 0 Å². The SMILES string of the molecule is CC1CCCN(C(N)=NCC2CCCN(C)C2c2cccc(Cl)c2)C1.I. The molecule has 3 unspecified atom stereocenters. The molecular weight excluding hydrogens is 459 g/mol. The van der Waals surface area contributed by atoms with Gasteiger partial charge in [0.15, 0.2) is 5.96 Å². The Morgan fingerprint density at radius 1 is 1.27 bits per heavy atom. The van der Waals surface area contributed by atoms with E-state index in [1.807, 2.05) is 12.1 Å². The lowest BCUT2D eigenvalue weighted by Gasteiger charge is -2.39. The van der Waals surface area contributed by atoms with Crippen molar-refractivity contribution in [3.05, 3.63) is 34.9 Å². The van der Waals surface area contributed by atoms with Crippen LogP contribution in [-0.4, -0.2) is 49.0 Å². The molecule has 3 rings (SSSR count). The molecule has 4 nitrogen and oxygen atoms in total. The highest BCUT2D eigenvalue weighted by molar-refractivity contribution is 14.0. The van der Waals surface area contributed by atoms with E-state index in [0.717, 1.165) is 37.2 Å². The van der Waals surface area contributed by atoms with Gasteiger partial charge in [-0.1, -0.05) is 30.7 Å². The molecule has 3 atom stereocenters. The maximum Gasteiger partial charge on any atom is 0.191 e. The van der Waals surface area contributed by atoms with Crippen LogP contribution in [0.4, 0.5) is 0 Å². The summed E-state index contributed by atoms with van der Waals surface area (Å²) >= 11 is 6.23. The van der Waals surface area contributed by atoms with Gasteiger partial charge >= 0.3 is 0 Å². The Kier molecular flexibility index (Phi) is 8.48. The van der Waals surface area contributed by atoms with Crippen molar-refractivity contribution in [2.24, 2.45) is 22.6 Å². The lowest BCUT2D eigenvalue weighted by Crippen LogP contribution is -2.44. The molecule has 0 amide bonds. The maximum atomic E-state index is 6.31. The van der Waals surface area contributed by atoms with E-state index in [-0.39, 0.29) is 24.0 Å². The molecule has 0 aliphatic carbocycles. The molecule has 2 fully saturated rings. The quantitative estimate of drug-likeness (QED) is 0.388. The van der Waals surface area contributed by atoms with E-state index in [4.69, 9.17) is 22.3 Å².